The van der Waals surface area contributed by atoms with E-state index in [4.69, 9.17) is 56.8 Å². The topological polar surface area (TPSA) is 229 Å². The first kappa shape index (κ1) is 87.5. The van der Waals surface area contributed by atoms with E-state index in [0.29, 0.717) is 48.6 Å². The van der Waals surface area contributed by atoms with Gasteiger partial charge in [0.1, 0.15) is 12.2 Å². The Kier molecular flexibility index (Phi) is 24.4. The summed E-state index contributed by atoms with van der Waals surface area (Å²) in [5.74, 6) is 2.94. The second-order valence-electron chi connectivity index (χ2n) is 42.6. The van der Waals surface area contributed by atoms with Crippen LogP contribution < -0.4 is 0 Å². The molecule has 8 unspecified atom stereocenters. The smallest absolute Gasteiger partial charge is 0.303 e. The molecule has 112 heavy (non-hydrogen) atoms. The van der Waals surface area contributed by atoms with Crippen molar-refractivity contribution in [3.63, 3.8) is 0 Å². The van der Waals surface area contributed by atoms with Crippen LogP contribution in [-0.2, 0) is 76.0 Å². The van der Waals surface area contributed by atoms with Crippen LogP contribution in [0.25, 0.3) is 0 Å². The number of piperidine rings is 2. The van der Waals surface area contributed by atoms with Crippen LogP contribution >= 0.6 is 0 Å². The van der Waals surface area contributed by atoms with E-state index >= 15 is 4.79 Å². The highest BCUT2D eigenvalue weighted by atomic mass is 16.9. The number of ether oxygens (including phenoxy) is 12. The molecule has 10 aliphatic carbocycles. The molecular weight excluding hydrogens is 1420 g/mol. The number of rotatable bonds is 17. The van der Waals surface area contributed by atoms with Gasteiger partial charge in [-0.15, -0.1) is 0 Å². The number of carbonyl (C=O) groups is 4. The maximum atomic E-state index is 15.1. The number of morpholine rings is 1. The van der Waals surface area contributed by atoms with Gasteiger partial charge in [-0.3, -0.25) is 33.9 Å². The molecular formula is C91H153N3O18. The Labute approximate surface area is 673 Å². The zero-order chi connectivity index (χ0) is 78.9. The normalized spacial score (nSPS) is 45.7. The number of esters is 2. The Hall–Kier alpha value is -2.32. The van der Waals surface area contributed by atoms with E-state index in [2.05, 4.69) is 90.9 Å². The van der Waals surface area contributed by atoms with E-state index in [-0.39, 0.29) is 119 Å². The van der Waals surface area contributed by atoms with Crippen molar-refractivity contribution in [2.24, 2.45) is 107 Å². The number of fused-ring (bicyclic) bond motifs is 8. The summed E-state index contributed by atoms with van der Waals surface area (Å²) in [6.45, 7) is 46.0. The Bertz CT molecular complexity index is 3360. The van der Waals surface area contributed by atoms with Crippen molar-refractivity contribution in [2.45, 2.75) is 352 Å². The molecule has 17 aliphatic rings. The first-order valence-corrected chi connectivity index (χ1v) is 43.9. The van der Waals surface area contributed by atoms with Crippen molar-refractivity contribution in [3.05, 3.63) is 0 Å². The molecule has 7 saturated heterocycles. The Morgan fingerprint density at radius 2 is 0.955 bits per heavy atom. The summed E-state index contributed by atoms with van der Waals surface area (Å²) in [5, 5.41) is 22.0. The Balaban J connectivity index is 0.000000171. The van der Waals surface area contributed by atoms with Gasteiger partial charge in [0.15, 0.2) is 36.9 Å². The lowest BCUT2D eigenvalue weighted by molar-refractivity contribution is -0.335. The van der Waals surface area contributed by atoms with Gasteiger partial charge in [0, 0.05) is 83.0 Å². The van der Waals surface area contributed by atoms with Crippen LogP contribution in [0.4, 0.5) is 0 Å². The van der Waals surface area contributed by atoms with Gasteiger partial charge in [0.05, 0.1) is 80.7 Å². The second kappa shape index (κ2) is 31.3. The van der Waals surface area contributed by atoms with Crippen molar-refractivity contribution in [3.8, 4) is 0 Å². The highest BCUT2D eigenvalue weighted by Crippen LogP contribution is 2.91. The van der Waals surface area contributed by atoms with Crippen molar-refractivity contribution in [1.29, 1.82) is 0 Å². The number of nitrogens with zero attached hydrogens (tertiary/aromatic N) is 3. The van der Waals surface area contributed by atoms with E-state index in [0.717, 1.165) is 122 Å². The van der Waals surface area contributed by atoms with Crippen molar-refractivity contribution >= 4 is 23.5 Å². The molecule has 21 heteroatoms. The number of ketones is 2. The number of likely N-dealkylation sites (tertiary alicyclic amines) is 2. The summed E-state index contributed by atoms with van der Waals surface area (Å²) in [4.78, 5) is 62.1. The monoisotopic (exact) mass is 1580 g/mol. The quantitative estimate of drug-likeness (QED) is 0.102. The molecule has 10 saturated carbocycles. The first-order chi connectivity index (χ1) is 51.8. The van der Waals surface area contributed by atoms with Gasteiger partial charge in [-0.1, -0.05) is 91.0 Å². The molecule has 0 aromatic rings. The molecule has 2 N–H and O–H groups in total. The minimum Gasteiger partial charge on any atom is -0.457 e. The van der Waals surface area contributed by atoms with Gasteiger partial charge in [-0.2, -0.15) is 0 Å². The van der Waals surface area contributed by atoms with Crippen molar-refractivity contribution in [1.82, 2.24) is 14.7 Å². The third-order valence-electron chi connectivity index (χ3n) is 35.9. The summed E-state index contributed by atoms with van der Waals surface area (Å²) in [7, 11) is 3.19. The molecule has 0 aromatic heterocycles. The van der Waals surface area contributed by atoms with E-state index in [1.54, 1.807) is 41.9 Å². The number of carbonyl (C=O) groups excluding carboxylic acids is 4. The number of Topliss-reactive ketones (excluding diaryl/α,β-unsaturated/α-hetero) is 2. The molecule has 21 nitrogen and oxygen atoms in total. The van der Waals surface area contributed by atoms with Gasteiger partial charge < -0.3 is 67.1 Å². The maximum Gasteiger partial charge on any atom is 0.303 e. The van der Waals surface area contributed by atoms with Crippen molar-refractivity contribution in [2.75, 3.05) is 93.3 Å². The molecule has 7 heterocycles. The van der Waals surface area contributed by atoms with Crippen LogP contribution in [0.2, 0.25) is 0 Å². The maximum absolute atomic E-state index is 15.1. The van der Waals surface area contributed by atoms with Crippen LogP contribution in [0.5, 0.6) is 0 Å². The lowest BCUT2D eigenvalue weighted by Gasteiger charge is -2.62. The zero-order valence-corrected chi connectivity index (χ0v) is 71.1. The lowest BCUT2D eigenvalue weighted by Crippen LogP contribution is -2.60. The van der Waals surface area contributed by atoms with Gasteiger partial charge in [0.25, 0.3) is 6.48 Å². The number of hydrogen-bond donors (Lipinski definition) is 2. The van der Waals surface area contributed by atoms with Crippen LogP contribution in [0, 0.1) is 107 Å². The third kappa shape index (κ3) is 13.8. The van der Waals surface area contributed by atoms with E-state index in [1.807, 2.05) is 0 Å². The summed E-state index contributed by atoms with van der Waals surface area (Å²) in [6.07, 6.45) is 18.2. The molecule has 4 spiro atoms. The van der Waals surface area contributed by atoms with Gasteiger partial charge in [0.2, 0.25) is 0 Å². The molecule has 0 aromatic carbocycles. The Morgan fingerprint density at radius 1 is 0.536 bits per heavy atom. The summed E-state index contributed by atoms with van der Waals surface area (Å²) in [5.41, 5.74) is -3.03. The number of aliphatic hydroxyl groups is 2. The summed E-state index contributed by atoms with van der Waals surface area (Å²) >= 11 is 0. The first-order valence-electron chi connectivity index (χ1n) is 43.9. The van der Waals surface area contributed by atoms with E-state index in [9.17, 15) is 24.6 Å². The van der Waals surface area contributed by atoms with Crippen LogP contribution in [0.3, 0.4) is 0 Å². The van der Waals surface area contributed by atoms with Crippen LogP contribution in [-0.4, -0.2) is 233 Å². The largest absolute Gasteiger partial charge is 0.457 e. The standard InChI is InChI=1S/C44H70N2O8.C36H58O9.C9H17NO.2CH4/c1-26-21-30(38(40(5,6)49)52-27(2)47)53-36-35(26)41(7)15-16-44-25-43(44)14-11-33(39(3,4)31(43)9-10-32(44)42(41,8)37(36)48)54-34-22-46(19-20-51-34)28-12-17-45(18-13-28)29-23-50-24-29;1-20-17-22(29(32(5,6)39)43-21(2)37)44-27-26(20)33(7)15-16-36-18-35(36)14-13-25(45-30(41-10)42-19-40-9)31(3,4)23(35)11-12-24(36)34(33,8)28(27)38;1-8-2-4-10(5-3-8)9-6-11-7-9;;/h26,28-36,38,49H,9-25H2,1-8H3;20,22-27,29-30,39H,11-19H2,1-10H3;8-9H,2-7H2,1H3;2*1H4/t26-,30?,31+,32?,33+,34+,35+,36?,38+,41-,42-,43?,44+;20-,22?,23+,24?,25+,26+,27?,29+,30+,33-,34-,35?,36+;;;/m11.../s1. The number of hydrogen-bond acceptors (Lipinski definition) is 21. The molecule has 0 amide bonds. The van der Waals surface area contributed by atoms with Crippen LogP contribution in [0.15, 0.2) is 0 Å². The average molecular weight is 1580 g/mol. The molecule has 0 bridgehead atoms. The highest BCUT2D eigenvalue weighted by Gasteiger charge is 2.87. The minimum absolute atomic E-state index is 0. The lowest BCUT2D eigenvalue weighted by atomic mass is 9.41. The molecule has 640 valence electrons. The Morgan fingerprint density at radius 3 is 1.37 bits per heavy atom. The van der Waals surface area contributed by atoms with E-state index in [1.165, 1.54) is 91.4 Å². The van der Waals surface area contributed by atoms with E-state index < -0.39 is 77.1 Å². The summed E-state index contributed by atoms with van der Waals surface area (Å²) < 4.78 is 71.6. The molecule has 26 atom stereocenters. The third-order valence-corrected chi connectivity index (χ3v) is 35.9. The highest BCUT2D eigenvalue weighted by molar-refractivity contribution is 5.94. The minimum atomic E-state index is -1.29. The second-order valence-corrected chi connectivity index (χ2v) is 42.6. The fraction of sp³-hybridized carbons (Fsp3) is 0.956. The van der Waals surface area contributed by atoms with Gasteiger partial charge >= 0.3 is 11.9 Å². The SMILES string of the molecule is C.C.CC(=O)O[C@@H](C1C[C@@H](C)[C@H]2C(O1)C(=O)[C@@]1(C)C3CC[C@H]4C(C)(C)[C@@H](O[C@H]5CN(C6CCN(C7COC7)CC6)CCO5)CCC45C[C@@]35CC[C@]21C)C(C)(C)O.CC1CCN(C2COC2)CC1.COCO[C@H](OC)O[C@H]1CCC23C[C@]24CC[C@]2(C)[C@@H]5C(OC([C@H](OC(C)=O)C(C)(C)O)C[C@H]5C)C(=O)[C@@]2(C)C4CC[C@H]3C1(C)C. The van der Waals surface area contributed by atoms with Gasteiger partial charge in [-0.25, -0.2) is 0 Å². The zero-order valence-electron chi connectivity index (χ0n) is 71.1. The molecule has 17 rings (SSSR count). The predicted octanol–water partition coefficient (Wildman–Crippen LogP) is 13.7. The molecule has 7 aliphatic heterocycles. The van der Waals surface area contributed by atoms with Crippen molar-refractivity contribution < 1.29 is 86.2 Å². The van der Waals surface area contributed by atoms with Crippen LogP contribution in [0.1, 0.15) is 261 Å². The number of methoxy groups -OCH3 is 2. The predicted molar refractivity (Wildman–Crippen MR) is 426 cm³/mol. The fourth-order valence-electron chi connectivity index (χ4n) is 30.1. The van der Waals surface area contributed by atoms with Gasteiger partial charge in [-0.05, 0) is 254 Å². The fourth-order valence-corrected chi connectivity index (χ4v) is 30.1. The molecule has 17 fully saturated rings. The molecule has 0 radical (unpaired) electrons. The average Bonchev–Trinajstić information content (AvgIpc) is 1.46. The summed E-state index contributed by atoms with van der Waals surface area (Å²) in [6, 6.07) is 2.01.